The molecule has 0 aromatic carbocycles. The smallest absolute Gasteiger partial charge is 0.251 e. The van der Waals surface area contributed by atoms with E-state index in [1.54, 1.807) is 6.07 Å². The number of H-pyrrole nitrogens is 1. The maximum absolute atomic E-state index is 11.8. The molecule has 1 aliphatic rings. The minimum absolute atomic E-state index is 0.113. The van der Waals surface area contributed by atoms with Crippen LogP contribution < -0.4 is 10.5 Å². The van der Waals surface area contributed by atoms with Gasteiger partial charge in [0, 0.05) is 41.9 Å². The molecule has 1 aliphatic heterocycles. The molecule has 0 radical (unpaired) electrons. The molecule has 1 saturated heterocycles. The van der Waals surface area contributed by atoms with E-state index in [1.807, 2.05) is 25.3 Å². The SMILES string of the molecule is CCSC1CCCCN(c2ccc(-c3nc(CC)cc(=O)[nH]3)cn2)C1. The van der Waals surface area contributed by atoms with Gasteiger partial charge in [-0.1, -0.05) is 20.3 Å². The van der Waals surface area contributed by atoms with Crippen LogP contribution in [0.2, 0.25) is 0 Å². The molecule has 0 bridgehead atoms. The summed E-state index contributed by atoms with van der Waals surface area (Å²) in [7, 11) is 0. The van der Waals surface area contributed by atoms with Gasteiger partial charge in [0.1, 0.15) is 11.6 Å². The van der Waals surface area contributed by atoms with Gasteiger partial charge >= 0.3 is 0 Å². The molecule has 0 spiro atoms. The zero-order chi connectivity index (χ0) is 17.6. The zero-order valence-electron chi connectivity index (χ0n) is 15.0. The normalized spacial score (nSPS) is 18.2. The molecular weight excluding hydrogens is 332 g/mol. The van der Waals surface area contributed by atoms with Crippen LogP contribution in [0.25, 0.3) is 11.4 Å². The molecule has 0 amide bonds. The van der Waals surface area contributed by atoms with Crippen molar-refractivity contribution in [2.24, 2.45) is 0 Å². The highest BCUT2D eigenvalue weighted by Gasteiger charge is 2.19. The second kappa shape index (κ2) is 8.52. The van der Waals surface area contributed by atoms with Crippen molar-refractivity contribution in [2.75, 3.05) is 23.7 Å². The number of rotatable bonds is 5. The summed E-state index contributed by atoms with van der Waals surface area (Å²) in [6.45, 7) is 6.35. The quantitative estimate of drug-likeness (QED) is 0.886. The second-order valence-electron chi connectivity index (χ2n) is 6.36. The lowest BCUT2D eigenvalue weighted by Gasteiger charge is -2.25. The van der Waals surface area contributed by atoms with Crippen molar-refractivity contribution in [3.8, 4) is 11.4 Å². The Hall–Kier alpha value is -1.82. The minimum atomic E-state index is -0.113. The fourth-order valence-corrected chi connectivity index (χ4v) is 4.31. The predicted molar refractivity (Wildman–Crippen MR) is 105 cm³/mol. The Morgan fingerprint density at radius 3 is 2.92 bits per heavy atom. The van der Waals surface area contributed by atoms with Crippen LogP contribution in [0.15, 0.2) is 29.2 Å². The lowest BCUT2D eigenvalue weighted by Crippen LogP contribution is -2.30. The Kier molecular flexibility index (Phi) is 6.13. The molecule has 1 unspecified atom stereocenters. The highest BCUT2D eigenvalue weighted by Crippen LogP contribution is 2.25. The first kappa shape index (κ1) is 18.0. The van der Waals surface area contributed by atoms with Gasteiger partial charge in [-0.2, -0.15) is 11.8 Å². The minimum Gasteiger partial charge on any atom is -0.356 e. The van der Waals surface area contributed by atoms with Gasteiger partial charge in [-0.15, -0.1) is 0 Å². The van der Waals surface area contributed by atoms with Crippen LogP contribution in [0.1, 0.15) is 38.8 Å². The van der Waals surface area contributed by atoms with Crippen molar-refractivity contribution < 1.29 is 0 Å². The van der Waals surface area contributed by atoms with E-state index in [2.05, 4.69) is 38.5 Å². The summed E-state index contributed by atoms with van der Waals surface area (Å²) in [5.74, 6) is 2.78. The third kappa shape index (κ3) is 4.63. The van der Waals surface area contributed by atoms with E-state index < -0.39 is 0 Å². The molecule has 3 heterocycles. The summed E-state index contributed by atoms with van der Waals surface area (Å²) in [5.41, 5.74) is 1.54. The van der Waals surface area contributed by atoms with E-state index in [4.69, 9.17) is 0 Å². The third-order valence-corrected chi connectivity index (χ3v) is 5.72. The maximum Gasteiger partial charge on any atom is 0.251 e. The first-order valence-electron chi connectivity index (χ1n) is 9.12. The van der Waals surface area contributed by atoms with Crippen molar-refractivity contribution in [2.45, 2.75) is 44.8 Å². The molecule has 1 fully saturated rings. The molecule has 0 saturated carbocycles. The molecule has 3 rings (SSSR count). The van der Waals surface area contributed by atoms with Gasteiger partial charge in [-0.05, 0) is 37.1 Å². The van der Waals surface area contributed by atoms with Crippen molar-refractivity contribution in [3.63, 3.8) is 0 Å². The van der Waals surface area contributed by atoms with E-state index in [1.165, 1.54) is 19.3 Å². The Morgan fingerprint density at radius 2 is 2.20 bits per heavy atom. The van der Waals surface area contributed by atoms with Crippen molar-refractivity contribution in [3.05, 3.63) is 40.4 Å². The standard InChI is InChI=1S/C19H26N4OS/c1-3-15-11-18(24)22-19(21-15)14-8-9-17(20-12-14)23-10-6-5-7-16(13-23)25-4-2/h8-9,11-12,16H,3-7,10,13H2,1-2H3,(H,21,22,24). The Labute approximate surface area is 153 Å². The number of aromatic amines is 1. The summed E-state index contributed by atoms with van der Waals surface area (Å²) in [4.78, 5) is 26.1. The van der Waals surface area contributed by atoms with Crippen LogP contribution in [0.4, 0.5) is 5.82 Å². The maximum atomic E-state index is 11.8. The molecule has 25 heavy (non-hydrogen) atoms. The average molecular weight is 359 g/mol. The summed E-state index contributed by atoms with van der Waals surface area (Å²) in [6, 6.07) is 5.61. The topological polar surface area (TPSA) is 61.9 Å². The Balaban J connectivity index is 1.79. The van der Waals surface area contributed by atoms with Crippen molar-refractivity contribution >= 4 is 17.6 Å². The van der Waals surface area contributed by atoms with Crippen LogP contribution in [0, 0.1) is 0 Å². The summed E-state index contributed by atoms with van der Waals surface area (Å²) in [6.07, 6.45) is 6.37. The first-order valence-corrected chi connectivity index (χ1v) is 10.2. The van der Waals surface area contributed by atoms with Crippen LogP contribution >= 0.6 is 11.8 Å². The van der Waals surface area contributed by atoms with Crippen molar-refractivity contribution in [1.29, 1.82) is 0 Å². The summed E-state index contributed by atoms with van der Waals surface area (Å²) >= 11 is 2.05. The number of anilines is 1. The number of aryl methyl sites for hydroxylation is 1. The largest absolute Gasteiger partial charge is 0.356 e. The second-order valence-corrected chi connectivity index (χ2v) is 7.94. The lowest BCUT2D eigenvalue weighted by atomic mass is 10.2. The monoisotopic (exact) mass is 358 g/mol. The fourth-order valence-electron chi connectivity index (χ4n) is 3.22. The van der Waals surface area contributed by atoms with Crippen molar-refractivity contribution in [1.82, 2.24) is 15.0 Å². The number of nitrogens with one attached hydrogen (secondary N) is 1. The highest BCUT2D eigenvalue weighted by molar-refractivity contribution is 7.99. The van der Waals surface area contributed by atoms with Gasteiger partial charge in [0.25, 0.3) is 5.56 Å². The number of nitrogens with zero attached hydrogens (tertiary/aromatic N) is 3. The molecule has 6 heteroatoms. The van der Waals surface area contributed by atoms with Crippen LogP contribution in [-0.4, -0.2) is 39.0 Å². The van der Waals surface area contributed by atoms with Gasteiger partial charge in [0.15, 0.2) is 0 Å². The fraction of sp³-hybridized carbons (Fsp3) is 0.526. The Bertz CT molecular complexity index is 744. The van der Waals surface area contributed by atoms with Crippen LogP contribution in [0.5, 0.6) is 0 Å². The molecule has 1 N–H and O–H groups in total. The molecule has 0 aliphatic carbocycles. The number of aromatic nitrogens is 3. The van der Waals surface area contributed by atoms with E-state index in [-0.39, 0.29) is 5.56 Å². The predicted octanol–water partition coefficient (Wildman–Crippen LogP) is 3.51. The number of hydrogen-bond acceptors (Lipinski definition) is 5. The van der Waals surface area contributed by atoms with Crippen LogP contribution in [-0.2, 0) is 6.42 Å². The summed E-state index contributed by atoms with van der Waals surface area (Å²) in [5, 5.41) is 0.688. The van der Waals surface area contributed by atoms with E-state index in [9.17, 15) is 4.79 Å². The van der Waals surface area contributed by atoms with Crippen LogP contribution in [0.3, 0.4) is 0 Å². The molecular formula is C19H26N4OS. The Morgan fingerprint density at radius 1 is 1.32 bits per heavy atom. The molecule has 5 nitrogen and oxygen atoms in total. The third-order valence-electron chi connectivity index (χ3n) is 4.53. The van der Waals surface area contributed by atoms with Gasteiger partial charge in [0.2, 0.25) is 0 Å². The molecule has 2 aromatic rings. The number of pyridine rings is 1. The number of hydrogen-bond donors (Lipinski definition) is 1. The lowest BCUT2D eigenvalue weighted by molar-refractivity contribution is 0.735. The molecule has 2 aromatic heterocycles. The highest BCUT2D eigenvalue weighted by atomic mass is 32.2. The van der Waals surface area contributed by atoms with Gasteiger partial charge in [0.05, 0.1) is 0 Å². The molecule has 1 atom stereocenters. The first-order chi connectivity index (χ1) is 12.2. The van der Waals surface area contributed by atoms with E-state index >= 15 is 0 Å². The summed E-state index contributed by atoms with van der Waals surface area (Å²) < 4.78 is 0. The molecule has 134 valence electrons. The van der Waals surface area contributed by atoms with E-state index in [0.29, 0.717) is 11.1 Å². The van der Waals surface area contributed by atoms with Gasteiger partial charge in [-0.25, -0.2) is 9.97 Å². The van der Waals surface area contributed by atoms with Gasteiger partial charge < -0.3 is 9.88 Å². The zero-order valence-corrected chi connectivity index (χ0v) is 15.8. The van der Waals surface area contributed by atoms with E-state index in [0.717, 1.165) is 42.3 Å². The number of thioether (sulfide) groups is 1. The average Bonchev–Trinajstić information content (AvgIpc) is 2.87. The van der Waals surface area contributed by atoms with Gasteiger partial charge in [-0.3, -0.25) is 4.79 Å².